The highest BCUT2D eigenvalue weighted by Gasteiger charge is 2.35. The maximum atomic E-state index is 14.0. The lowest BCUT2D eigenvalue weighted by atomic mass is 10.2. The minimum atomic E-state index is -0.547. The molecule has 2 heterocycles. The number of likely N-dealkylation sites (tertiary alicyclic amines) is 1. The third kappa shape index (κ3) is 5.64. The van der Waals surface area contributed by atoms with Gasteiger partial charge in [0, 0.05) is 44.5 Å². The van der Waals surface area contributed by atoms with Gasteiger partial charge in [-0.05, 0) is 18.2 Å². The van der Waals surface area contributed by atoms with Crippen LogP contribution in [0.5, 0.6) is 5.75 Å². The van der Waals surface area contributed by atoms with Crippen LogP contribution in [0.25, 0.3) is 0 Å². The average Bonchev–Trinajstić information content (AvgIpc) is 3.05. The van der Waals surface area contributed by atoms with Crippen LogP contribution in [0.3, 0.4) is 0 Å². The van der Waals surface area contributed by atoms with Crippen molar-refractivity contribution in [2.75, 3.05) is 30.9 Å². The monoisotopic (exact) mass is 402 g/mol. The van der Waals surface area contributed by atoms with Crippen molar-refractivity contribution < 1.29 is 23.5 Å². The molecular weight excluding hydrogens is 379 g/mol. The standard InChI is InChI=1S/C20H23FN4O4/c1-13(26)25-11-19(9-17(25)12-28-2)29-18-7-14(21)6-16(8-18)24-20(27)23-15-4-3-5-22-10-15/h3-8,10,17,19H,9,11-12H2,1-2H3,(H2,23,24,27)/t17-,19+/m0/s1. The van der Waals surface area contributed by atoms with Gasteiger partial charge in [-0.2, -0.15) is 0 Å². The van der Waals surface area contributed by atoms with Crippen molar-refractivity contribution in [3.63, 3.8) is 0 Å². The van der Waals surface area contributed by atoms with Crippen LogP contribution in [-0.4, -0.2) is 54.2 Å². The summed E-state index contributed by atoms with van der Waals surface area (Å²) in [7, 11) is 1.58. The summed E-state index contributed by atoms with van der Waals surface area (Å²) in [5.74, 6) is -0.339. The summed E-state index contributed by atoms with van der Waals surface area (Å²) in [5, 5.41) is 5.18. The maximum Gasteiger partial charge on any atom is 0.323 e. The largest absolute Gasteiger partial charge is 0.488 e. The van der Waals surface area contributed by atoms with Gasteiger partial charge >= 0.3 is 6.03 Å². The zero-order chi connectivity index (χ0) is 20.8. The molecule has 1 fully saturated rings. The van der Waals surface area contributed by atoms with Crippen molar-refractivity contribution in [2.45, 2.75) is 25.5 Å². The Balaban J connectivity index is 1.64. The molecule has 2 atom stereocenters. The second-order valence-corrected chi connectivity index (χ2v) is 6.75. The van der Waals surface area contributed by atoms with E-state index in [9.17, 15) is 14.0 Å². The summed E-state index contributed by atoms with van der Waals surface area (Å²) in [4.78, 5) is 29.5. The van der Waals surface area contributed by atoms with Crippen LogP contribution in [0.4, 0.5) is 20.6 Å². The van der Waals surface area contributed by atoms with E-state index in [0.717, 1.165) is 0 Å². The Hall–Kier alpha value is -3.20. The predicted octanol–water partition coefficient (Wildman–Crippen LogP) is 2.88. The van der Waals surface area contributed by atoms with Gasteiger partial charge in [-0.3, -0.25) is 9.78 Å². The first-order chi connectivity index (χ1) is 13.9. The van der Waals surface area contributed by atoms with E-state index >= 15 is 0 Å². The first-order valence-electron chi connectivity index (χ1n) is 9.16. The lowest BCUT2D eigenvalue weighted by Gasteiger charge is -2.21. The van der Waals surface area contributed by atoms with Gasteiger partial charge in [0.1, 0.15) is 17.7 Å². The second kappa shape index (κ2) is 9.33. The number of benzene rings is 1. The Morgan fingerprint density at radius 3 is 2.76 bits per heavy atom. The number of ether oxygens (including phenoxy) is 2. The minimum absolute atomic E-state index is 0.0631. The zero-order valence-electron chi connectivity index (χ0n) is 16.2. The highest BCUT2D eigenvalue weighted by molar-refractivity contribution is 5.99. The number of amides is 3. The van der Waals surface area contributed by atoms with E-state index < -0.39 is 11.8 Å². The molecule has 3 rings (SSSR count). The van der Waals surface area contributed by atoms with E-state index in [2.05, 4.69) is 15.6 Å². The molecule has 9 heteroatoms. The number of rotatable bonds is 6. The second-order valence-electron chi connectivity index (χ2n) is 6.75. The van der Waals surface area contributed by atoms with Crippen LogP contribution in [0.1, 0.15) is 13.3 Å². The number of hydrogen-bond donors (Lipinski definition) is 2. The van der Waals surface area contributed by atoms with Gasteiger partial charge in [-0.15, -0.1) is 0 Å². The van der Waals surface area contributed by atoms with Crippen molar-refractivity contribution in [1.82, 2.24) is 9.88 Å². The van der Waals surface area contributed by atoms with Crippen LogP contribution in [-0.2, 0) is 9.53 Å². The average molecular weight is 402 g/mol. The highest BCUT2D eigenvalue weighted by atomic mass is 19.1. The smallest absolute Gasteiger partial charge is 0.323 e. The minimum Gasteiger partial charge on any atom is -0.488 e. The quantitative estimate of drug-likeness (QED) is 0.775. The van der Waals surface area contributed by atoms with E-state index in [-0.39, 0.29) is 29.5 Å². The molecule has 1 aliphatic heterocycles. The molecule has 1 aromatic carbocycles. The third-order valence-electron chi connectivity index (χ3n) is 4.49. The fraction of sp³-hybridized carbons (Fsp3) is 0.350. The Bertz CT molecular complexity index is 865. The molecule has 2 N–H and O–H groups in total. The number of hydrogen-bond acceptors (Lipinski definition) is 5. The molecule has 8 nitrogen and oxygen atoms in total. The maximum absolute atomic E-state index is 14.0. The van der Waals surface area contributed by atoms with Gasteiger partial charge in [0.25, 0.3) is 0 Å². The van der Waals surface area contributed by atoms with E-state index in [1.807, 2.05) is 0 Å². The van der Waals surface area contributed by atoms with E-state index in [0.29, 0.717) is 25.3 Å². The predicted molar refractivity (Wildman–Crippen MR) is 105 cm³/mol. The zero-order valence-corrected chi connectivity index (χ0v) is 16.2. The summed E-state index contributed by atoms with van der Waals surface area (Å²) in [6, 6.07) is 6.73. The van der Waals surface area contributed by atoms with Crippen LogP contribution < -0.4 is 15.4 Å². The van der Waals surface area contributed by atoms with E-state index in [1.54, 1.807) is 30.3 Å². The number of carbonyl (C=O) groups excluding carboxylic acids is 2. The number of urea groups is 1. The molecule has 29 heavy (non-hydrogen) atoms. The molecule has 154 valence electrons. The molecule has 0 aliphatic carbocycles. The number of anilines is 2. The van der Waals surface area contributed by atoms with E-state index in [4.69, 9.17) is 9.47 Å². The van der Waals surface area contributed by atoms with Crippen LogP contribution in [0.15, 0.2) is 42.7 Å². The van der Waals surface area contributed by atoms with Crippen molar-refractivity contribution in [3.05, 3.63) is 48.5 Å². The van der Waals surface area contributed by atoms with Gasteiger partial charge in [0.2, 0.25) is 5.91 Å². The molecule has 0 bridgehead atoms. The normalized spacial score (nSPS) is 18.4. The molecular formula is C20H23FN4O4. The number of carbonyl (C=O) groups is 2. The summed E-state index contributed by atoms with van der Waals surface area (Å²) >= 11 is 0. The van der Waals surface area contributed by atoms with Gasteiger partial charge in [0.05, 0.1) is 31.1 Å². The van der Waals surface area contributed by atoms with E-state index in [1.165, 1.54) is 31.3 Å². The van der Waals surface area contributed by atoms with Crippen molar-refractivity contribution in [3.8, 4) is 5.75 Å². The van der Waals surface area contributed by atoms with Crippen molar-refractivity contribution >= 4 is 23.3 Å². The fourth-order valence-electron chi connectivity index (χ4n) is 3.32. The number of aromatic nitrogens is 1. The van der Waals surface area contributed by atoms with Gasteiger partial charge in [-0.1, -0.05) is 0 Å². The van der Waals surface area contributed by atoms with Crippen molar-refractivity contribution in [1.29, 1.82) is 0 Å². The summed E-state index contributed by atoms with van der Waals surface area (Å²) in [6.45, 7) is 2.30. The summed E-state index contributed by atoms with van der Waals surface area (Å²) in [6.07, 6.45) is 3.37. The van der Waals surface area contributed by atoms with Crippen LogP contribution >= 0.6 is 0 Å². The Kier molecular flexibility index (Phi) is 6.61. The number of methoxy groups -OCH3 is 1. The number of nitrogens with zero attached hydrogens (tertiary/aromatic N) is 2. The molecule has 0 radical (unpaired) electrons. The van der Waals surface area contributed by atoms with Gasteiger partial charge in [-0.25, -0.2) is 9.18 Å². The molecule has 0 unspecified atom stereocenters. The topological polar surface area (TPSA) is 92.8 Å². The Labute approximate surface area is 168 Å². The number of pyridine rings is 1. The highest BCUT2D eigenvalue weighted by Crippen LogP contribution is 2.26. The van der Waals surface area contributed by atoms with Crippen LogP contribution in [0, 0.1) is 5.82 Å². The van der Waals surface area contributed by atoms with Crippen LogP contribution in [0.2, 0.25) is 0 Å². The third-order valence-corrected chi connectivity index (χ3v) is 4.49. The molecule has 0 spiro atoms. The molecule has 1 aliphatic rings. The Morgan fingerprint density at radius 1 is 1.28 bits per heavy atom. The molecule has 0 saturated carbocycles. The molecule has 3 amide bonds. The summed E-state index contributed by atoms with van der Waals surface area (Å²) in [5.41, 5.74) is 0.758. The molecule has 1 aromatic heterocycles. The Morgan fingerprint density at radius 2 is 2.07 bits per heavy atom. The number of nitrogens with one attached hydrogen (secondary N) is 2. The first kappa shape index (κ1) is 20.5. The lowest BCUT2D eigenvalue weighted by Crippen LogP contribution is -2.36. The lowest BCUT2D eigenvalue weighted by molar-refractivity contribution is -0.130. The molecule has 1 saturated heterocycles. The van der Waals surface area contributed by atoms with Gasteiger partial charge < -0.3 is 25.0 Å². The SMILES string of the molecule is COC[C@@H]1C[C@@H](Oc2cc(F)cc(NC(=O)Nc3cccnc3)c2)CN1C(C)=O. The summed E-state index contributed by atoms with van der Waals surface area (Å²) < 4.78 is 25.1. The number of halogens is 1. The van der Waals surface area contributed by atoms with Gasteiger partial charge in [0.15, 0.2) is 0 Å². The molecule has 2 aromatic rings. The first-order valence-corrected chi connectivity index (χ1v) is 9.16. The fourth-order valence-corrected chi connectivity index (χ4v) is 3.32. The van der Waals surface area contributed by atoms with Crippen molar-refractivity contribution in [2.24, 2.45) is 0 Å².